The van der Waals surface area contributed by atoms with E-state index in [1.807, 2.05) is 0 Å². The van der Waals surface area contributed by atoms with Gasteiger partial charge in [0, 0.05) is 6.42 Å². The van der Waals surface area contributed by atoms with Gasteiger partial charge in [0.1, 0.15) is 10.9 Å². The second-order valence-electron chi connectivity index (χ2n) is 6.78. The molecule has 1 saturated heterocycles. The van der Waals surface area contributed by atoms with Gasteiger partial charge in [0.2, 0.25) is 5.91 Å². The number of carbonyl (C=O) groups is 4. The Hall–Kier alpha value is -2.70. The number of nitrogens with zero attached hydrogens (tertiary/aromatic N) is 2. The highest BCUT2D eigenvalue weighted by molar-refractivity contribution is 8.03. The Kier molecular flexibility index (Phi) is 4.52. The second-order valence-corrected chi connectivity index (χ2v) is 9.38. The number of hydrogen-bond donors (Lipinski definition) is 2. The van der Waals surface area contributed by atoms with Crippen LogP contribution in [-0.2, 0) is 19.9 Å². The van der Waals surface area contributed by atoms with E-state index in [9.17, 15) is 27.6 Å². The summed E-state index contributed by atoms with van der Waals surface area (Å²) < 4.78 is 31.1. The van der Waals surface area contributed by atoms with Crippen LogP contribution in [-0.4, -0.2) is 63.3 Å². The summed E-state index contributed by atoms with van der Waals surface area (Å²) >= 11 is 1.16. The van der Waals surface area contributed by atoms with E-state index in [1.54, 1.807) is 35.7 Å². The molecule has 3 heterocycles. The van der Waals surface area contributed by atoms with Crippen molar-refractivity contribution in [2.45, 2.75) is 23.8 Å². The molecule has 0 radical (unpaired) electrons. The van der Waals surface area contributed by atoms with Crippen molar-refractivity contribution in [2.75, 3.05) is 6.54 Å². The summed E-state index contributed by atoms with van der Waals surface area (Å²) in [5.41, 5.74) is 0.533. The Bertz CT molecular complexity index is 1040. The Morgan fingerprint density at radius 1 is 1.21 bits per heavy atom. The van der Waals surface area contributed by atoms with Gasteiger partial charge in [-0.25, -0.2) is 4.31 Å². The Labute approximate surface area is 169 Å². The quantitative estimate of drug-likeness (QED) is 0.377. The van der Waals surface area contributed by atoms with E-state index < -0.39 is 44.8 Å². The van der Waals surface area contributed by atoms with Gasteiger partial charge in [0.25, 0.3) is 17.7 Å². The number of carbonyl (C=O) groups excluding carboxylic acids is 4. The molecule has 29 heavy (non-hydrogen) atoms. The van der Waals surface area contributed by atoms with Crippen molar-refractivity contribution in [2.24, 2.45) is 0 Å². The predicted octanol–water partition coefficient (Wildman–Crippen LogP) is 0.149. The van der Waals surface area contributed by atoms with Crippen LogP contribution in [0.2, 0.25) is 0 Å². The summed E-state index contributed by atoms with van der Waals surface area (Å²) in [5, 5.41) is 4.10. The number of amides is 4. The third-order valence-electron chi connectivity index (χ3n) is 4.96. The van der Waals surface area contributed by atoms with Crippen molar-refractivity contribution in [3.8, 4) is 0 Å². The number of imide groups is 1. The lowest BCUT2D eigenvalue weighted by atomic mass is 10.1. The minimum atomic E-state index is -4.66. The zero-order chi connectivity index (χ0) is 21.0. The van der Waals surface area contributed by atoms with E-state index in [0.717, 1.165) is 16.7 Å². The normalized spacial score (nSPS) is 26.0. The number of fused-ring (bicyclic) bond motifs is 1. The van der Waals surface area contributed by atoms with E-state index >= 15 is 0 Å². The summed E-state index contributed by atoms with van der Waals surface area (Å²) in [6.45, 7) is -0.380. The number of hydrogen-bond acceptors (Lipinski definition) is 7. The van der Waals surface area contributed by atoms with E-state index in [-0.39, 0.29) is 34.8 Å². The molecular formula is C17H15N3O7S2. The molecule has 10 nitrogen and oxygen atoms in total. The van der Waals surface area contributed by atoms with Crippen LogP contribution in [0.15, 0.2) is 35.7 Å². The fraction of sp³-hybridized carbons (Fsp3) is 0.294. The maximum atomic E-state index is 12.9. The molecule has 0 aliphatic carbocycles. The average molecular weight is 437 g/mol. The highest BCUT2D eigenvalue weighted by Gasteiger charge is 2.52. The molecule has 1 fully saturated rings. The molecule has 4 amide bonds. The molecule has 1 aromatic rings. The first-order valence-electron chi connectivity index (χ1n) is 8.53. The van der Waals surface area contributed by atoms with Crippen molar-refractivity contribution in [3.05, 3.63) is 46.9 Å². The largest absolute Gasteiger partial charge is 0.362 e. The number of benzene rings is 1. The maximum absolute atomic E-state index is 12.9. The standard InChI is InChI=1S/C17H15N3O7S2/c21-13(18-12-9-19(16(12)24)29(25,26)27)8-17(6-3-7-28-17)20-14(22)10-4-1-2-5-11(10)15(20)23/h1-5,7,12H,6,8-9H2,(H,18,21)(H,25,26,27). The minimum Gasteiger partial charge on any atom is -0.343 e. The molecule has 12 heteroatoms. The first-order chi connectivity index (χ1) is 13.6. The van der Waals surface area contributed by atoms with Crippen molar-refractivity contribution in [1.29, 1.82) is 0 Å². The van der Waals surface area contributed by atoms with Crippen LogP contribution >= 0.6 is 11.8 Å². The second kappa shape index (κ2) is 6.68. The lowest BCUT2D eigenvalue weighted by Crippen LogP contribution is -2.65. The monoisotopic (exact) mass is 437 g/mol. The number of rotatable bonds is 5. The Morgan fingerprint density at radius 2 is 1.83 bits per heavy atom. The van der Waals surface area contributed by atoms with Crippen LogP contribution in [0.3, 0.4) is 0 Å². The molecule has 1 aromatic carbocycles. The van der Waals surface area contributed by atoms with Gasteiger partial charge in [-0.15, -0.1) is 11.8 Å². The summed E-state index contributed by atoms with van der Waals surface area (Å²) in [4.78, 5) is 50.0. The summed E-state index contributed by atoms with van der Waals surface area (Å²) in [6, 6.07) is 5.30. The highest BCUT2D eigenvalue weighted by atomic mass is 32.2. The summed E-state index contributed by atoms with van der Waals surface area (Å²) in [6.07, 6.45) is 1.73. The van der Waals surface area contributed by atoms with Gasteiger partial charge in [0.05, 0.1) is 24.1 Å². The molecule has 0 aromatic heterocycles. The summed E-state index contributed by atoms with van der Waals surface area (Å²) in [5.74, 6) is -2.56. The molecule has 2 unspecified atom stereocenters. The van der Waals surface area contributed by atoms with Crippen LogP contribution in [0.25, 0.3) is 0 Å². The molecule has 4 rings (SSSR count). The van der Waals surface area contributed by atoms with Crippen molar-refractivity contribution in [1.82, 2.24) is 14.5 Å². The number of nitrogens with one attached hydrogen (secondary N) is 1. The minimum absolute atomic E-state index is 0.240. The third kappa shape index (κ3) is 3.12. The van der Waals surface area contributed by atoms with Gasteiger partial charge in [-0.3, -0.25) is 28.6 Å². The third-order valence-corrected chi connectivity index (χ3v) is 7.11. The van der Waals surface area contributed by atoms with Crippen LogP contribution in [0, 0.1) is 0 Å². The van der Waals surface area contributed by atoms with Gasteiger partial charge < -0.3 is 5.32 Å². The van der Waals surface area contributed by atoms with Crippen LogP contribution in [0.4, 0.5) is 0 Å². The van der Waals surface area contributed by atoms with Crippen LogP contribution in [0.5, 0.6) is 0 Å². The maximum Gasteiger partial charge on any atom is 0.362 e. The molecule has 2 atom stereocenters. The molecule has 3 aliphatic heterocycles. The van der Waals surface area contributed by atoms with Gasteiger partial charge >= 0.3 is 10.3 Å². The average Bonchev–Trinajstić information content (AvgIpc) is 3.21. The van der Waals surface area contributed by atoms with E-state index in [1.165, 1.54) is 0 Å². The molecule has 152 valence electrons. The lowest BCUT2D eigenvalue weighted by Gasteiger charge is -2.38. The van der Waals surface area contributed by atoms with E-state index in [2.05, 4.69) is 5.32 Å². The van der Waals surface area contributed by atoms with E-state index in [4.69, 9.17) is 4.55 Å². The number of thioether (sulfide) groups is 1. The molecule has 0 saturated carbocycles. The van der Waals surface area contributed by atoms with Crippen molar-refractivity contribution in [3.63, 3.8) is 0 Å². The van der Waals surface area contributed by atoms with Crippen LogP contribution < -0.4 is 5.32 Å². The Morgan fingerprint density at radius 3 is 2.31 bits per heavy atom. The van der Waals surface area contributed by atoms with Gasteiger partial charge in [-0.1, -0.05) is 18.2 Å². The van der Waals surface area contributed by atoms with Crippen molar-refractivity contribution < 1.29 is 32.1 Å². The molecule has 3 aliphatic rings. The van der Waals surface area contributed by atoms with E-state index in [0.29, 0.717) is 0 Å². The van der Waals surface area contributed by atoms with Crippen molar-refractivity contribution >= 4 is 45.7 Å². The van der Waals surface area contributed by atoms with Gasteiger partial charge in [-0.2, -0.15) is 8.42 Å². The first-order valence-corrected chi connectivity index (χ1v) is 10.8. The molecule has 0 spiro atoms. The van der Waals surface area contributed by atoms with Gasteiger partial charge in [0.15, 0.2) is 0 Å². The smallest absolute Gasteiger partial charge is 0.343 e. The topological polar surface area (TPSA) is 141 Å². The van der Waals surface area contributed by atoms with Crippen LogP contribution in [0.1, 0.15) is 33.6 Å². The number of β-lactam (4-membered cyclic amide) rings is 1. The Balaban J connectivity index is 1.51. The fourth-order valence-electron chi connectivity index (χ4n) is 3.56. The van der Waals surface area contributed by atoms with Gasteiger partial charge in [-0.05, 0) is 17.5 Å². The molecule has 0 bridgehead atoms. The summed E-state index contributed by atoms with van der Waals surface area (Å²) in [7, 11) is -4.66. The molecular weight excluding hydrogens is 422 g/mol. The predicted molar refractivity (Wildman–Crippen MR) is 101 cm³/mol. The lowest BCUT2D eigenvalue weighted by molar-refractivity contribution is -0.140. The zero-order valence-electron chi connectivity index (χ0n) is 14.8. The fourth-order valence-corrected chi connectivity index (χ4v) is 5.37. The highest BCUT2D eigenvalue weighted by Crippen LogP contribution is 2.46. The molecule has 2 N–H and O–H groups in total. The first kappa shape index (κ1) is 19.6. The zero-order valence-corrected chi connectivity index (χ0v) is 16.4. The SMILES string of the molecule is O=C(CC1(N2C(=O)c3ccccc3C2=O)CC=CS1)NC1CN(S(=O)(=O)O)C1=O.